The maximum absolute atomic E-state index is 11.6. The van der Waals surface area contributed by atoms with Crippen LogP contribution >= 0.6 is 15.9 Å². The molecule has 0 saturated heterocycles. The van der Waals surface area contributed by atoms with Crippen molar-refractivity contribution in [1.29, 1.82) is 0 Å². The summed E-state index contributed by atoms with van der Waals surface area (Å²) in [5.74, 6) is -0.0647. The summed E-state index contributed by atoms with van der Waals surface area (Å²) in [4.78, 5) is 15.6. The minimum Gasteiger partial charge on any atom is -0.327 e. The maximum atomic E-state index is 11.6. The molecule has 1 unspecified atom stereocenters. The number of aromatic nitrogens is 1. The zero-order valence-corrected chi connectivity index (χ0v) is 10.8. The standard InChI is InChI=1S/C11H16BrN3O/c1-2-3-8(13)6-11(16)15-9-4-5-10(12)14-7-9/h4-5,7-8H,2-3,6,13H2,1H3,(H,15,16). The van der Waals surface area contributed by atoms with Crippen molar-refractivity contribution in [3.05, 3.63) is 22.9 Å². The van der Waals surface area contributed by atoms with E-state index in [0.717, 1.165) is 17.4 Å². The van der Waals surface area contributed by atoms with Gasteiger partial charge in [0.2, 0.25) is 5.91 Å². The van der Waals surface area contributed by atoms with Crippen molar-refractivity contribution in [2.45, 2.75) is 32.2 Å². The number of anilines is 1. The molecule has 0 spiro atoms. The third-order valence-corrected chi connectivity index (χ3v) is 2.59. The molecule has 0 fully saturated rings. The van der Waals surface area contributed by atoms with Gasteiger partial charge < -0.3 is 11.1 Å². The number of amides is 1. The number of nitrogens with two attached hydrogens (primary N) is 1. The van der Waals surface area contributed by atoms with Gasteiger partial charge in [-0.25, -0.2) is 4.98 Å². The molecule has 0 radical (unpaired) electrons. The fourth-order valence-electron chi connectivity index (χ4n) is 1.37. The summed E-state index contributed by atoms with van der Waals surface area (Å²) in [6.07, 6.45) is 3.82. The van der Waals surface area contributed by atoms with Crippen molar-refractivity contribution in [2.75, 3.05) is 5.32 Å². The highest BCUT2D eigenvalue weighted by Crippen LogP contribution is 2.11. The molecule has 0 bridgehead atoms. The monoisotopic (exact) mass is 285 g/mol. The van der Waals surface area contributed by atoms with Crippen LogP contribution in [0.5, 0.6) is 0 Å². The van der Waals surface area contributed by atoms with E-state index >= 15 is 0 Å². The molecule has 3 N–H and O–H groups in total. The number of nitrogens with one attached hydrogen (secondary N) is 1. The SMILES string of the molecule is CCCC(N)CC(=O)Nc1ccc(Br)nc1. The Morgan fingerprint density at radius 3 is 2.94 bits per heavy atom. The summed E-state index contributed by atoms with van der Waals surface area (Å²) in [6, 6.07) is 3.51. The van der Waals surface area contributed by atoms with Gasteiger partial charge in [-0.2, -0.15) is 0 Å². The third-order valence-electron chi connectivity index (χ3n) is 2.12. The van der Waals surface area contributed by atoms with Gasteiger partial charge in [-0.3, -0.25) is 4.79 Å². The van der Waals surface area contributed by atoms with Crippen LogP contribution in [0, 0.1) is 0 Å². The number of carbonyl (C=O) groups excluding carboxylic acids is 1. The molecule has 1 heterocycles. The van der Waals surface area contributed by atoms with Crippen LogP contribution in [0.25, 0.3) is 0 Å². The van der Waals surface area contributed by atoms with Crippen LogP contribution in [0.1, 0.15) is 26.2 Å². The molecule has 1 amide bonds. The first-order chi connectivity index (χ1) is 7.61. The van der Waals surface area contributed by atoms with Gasteiger partial charge in [0.05, 0.1) is 11.9 Å². The van der Waals surface area contributed by atoms with Crippen molar-refractivity contribution in [1.82, 2.24) is 4.98 Å². The highest BCUT2D eigenvalue weighted by Gasteiger charge is 2.08. The van der Waals surface area contributed by atoms with Gasteiger partial charge in [0.1, 0.15) is 4.60 Å². The second-order valence-electron chi connectivity index (χ2n) is 3.67. The van der Waals surface area contributed by atoms with Gasteiger partial charge in [-0.05, 0) is 34.5 Å². The molecule has 1 atom stereocenters. The molecule has 4 nitrogen and oxygen atoms in total. The Morgan fingerprint density at radius 2 is 2.38 bits per heavy atom. The zero-order valence-electron chi connectivity index (χ0n) is 9.24. The van der Waals surface area contributed by atoms with Crippen LogP contribution in [-0.2, 0) is 4.79 Å². The van der Waals surface area contributed by atoms with Crippen molar-refractivity contribution in [3.8, 4) is 0 Å². The summed E-state index contributed by atoms with van der Waals surface area (Å²) >= 11 is 3.23. The Morgan fingerprint density at radius 1 is 1.62 bits per heavy atom. The number of nitrogens with zero attached hydrogens (tertiary/aromatic N) is 1. The molecule has 0 aliphatic rings. The Bertz CT molecular complexity index is 340. The molecule has 88 valence electrons. The zero-order chi connectivity index (χ0) is 12.0. The van der Waals surface area contributed by atoms with E-state index in [1.54, 1.807) is 18.3 Å². The highest BCUT2D eigenvalue weighted by molar-refractivity contribution is 9.10. The number of pyridine rings is 1. The van der Waals surface area contributed by atoms with Gasteiger partial charge in [0.25, 0.3) is 0 Å². The average molecular weight is 286 g/mol. The number of carbonyl (C=O) groups is 1. The lowest BCUT2D eigenvalue weighted by Gasteiger charge is -2.10. The predicted octanol–water partition coefficient (Wildman–Crippen LogP) is 2.30. The highest BCUT2D eigenvalue weighted by atomic mass is 79.9. The molecule has 1 rings (SSSR count). The average Bonchev–Trinajstić information content (AvgIpc) is 2.21. The third kappa shape index (κ3) is 4.72. The quantitative estimate of drug-likeness (QED) is 0.816. The molecule has 0 aromatic carbocycles. The number of rotatable bonds is 5. The summed E-state index contributed by atoms with van der Waals surface area (Å²) in [5.41, 5.74) is 6.47. The predicted molar refractivity (Wildman–Crippen MR) is 68.1 cm³/mol. The van der Waals surface area contributed by atoms with Crippen molar-refractivity contribution in [3.63, 3.8) is 0 Å². The maximum Gasteiger partial charge on any atom is 0.225 e. The summed E-state index contributed by atoms with van der Waals surface area (Å²) in [5, 5.41) is 2.76. The molecular weight excluding hydrogens is 270 g/mol. The van der Waals surface area contributed by atoms with Crippen LogP contribution in [0.15, 0.2) is 22.9 Å². The van der Waals surface area contributed by atoms with Gasteiger partial charge in [0.15, 0.2) is 0 Å². The molecule has 5 heteroatoms. The second kappa shape index (κ2) is 6.60. The largest absolute Gasteiger partial charge is 0.327 e. The van der Waals surface area contributed by atoms with Crippen LogP contribution in [0.2, 0.25) is 0 Å². The minimum atomic E-state index is -0.0647. The van der Waals surface area contributed by atoms with E-state index < -0.39 is 0 Å². The van der Waals surface area contributed by atoms with E-state index in [0.29, 0.717) is 12.1 Å². The molecule has 0 aliphatic carbocycles. The number of hydrogen-bond donors (Lipinski definition) is 2. The first kappa shape index (κ1) is 13.1. The Hall–Kier alpha value is -0.940. The van der Waals surface area contributed by atoms with Gasteiger partial charge in [-0.1, -0.05) is 13.3 Å². The Balaban J connectivity index is 2.42. The van der Waals surface area contributed by atoms with E-state index in [1.807, 2.05) is 0 Å². The minimum absolute atomic E-state index is 0.0617. The summed E-state index contributed by atoms with van der Waals surface area (Å²) < 4.78 is 0.744. The van der Waals surface area contributed by atoms with Gasteiger partial charge in [-0.15, -0.1) is 0 Å². The smallest absolute Gasteiger partial charge is 0.225 e. The van der Waals surface area contributed by atoms with E-state index in [9.17, 15) is 4.79 Å². The topological polar surface area (TPSA) is 68.0 Å². The summed E-state index contributed by atoms with van der Waals surface area (Å²) in [7, 11) is 0. The first-order valence-corrected chi connectivity index (χ1v) is 6.08. The van der Waals surface area contributed by atoms with E-state index in [-0.39, 0.29) is 11.9 Å². The normalized spacial score (nSPS) is 12.2. The Labute approximate surface area is 104 Å². The fourth-order valence-corrected chi connectivity index (χ4v) is 1.61. The number of hydrogen-bond acceptors (Lipinski definition) is 3. The molecule has 0 aliphatic heterocycles. The molecule has 0 saturated carbocycles. The van der Waals surface area contributed by atoms with Crippen LogP contribution in [0.3, 0.4) is 0 Å². The molecule has 1 aromatic rings. The second-order valence-corrected chi connectivity index (χ2v) is 4.48. The van der Waals surface area contributed by atoms with Gasteiger partial charge >= 0.3 is 0 Å². The molecule has 16 heavy (non-hydrogen) atoms. The van der Waals surface area contributed by atoms with Crippen molar-refractivity contribution < 1.29 is 4.79 Å². The van der Waals surface area contributed by atoms with E-state index in [4.69, 9.17) is 5.73 Å². The summed E-state index contributed by atoms with van der Waals surface area (Å²) in [6.45, 7) is 2.05. The van der Waals surface area contributed by atoms with Crippen LogP contribution in [-0.4, -0.2) is 16.9 Å². The van der Waals surface area contributed by atoms with Gasteiger partial charge in [0, 0.05) is 12.5 Å². The van der Waals surface area contributed by atoms with E-state index in [1.165, 1.54) is 0 Å². The molecule has 1 aromatic heterocycles. The van der Waals surface area contributed by atoms with E-state index in [2.05, 4.69) is 33.2 Å². The van der Waals surface area contributed by atoms with Crippen LogP contribution < -0.4 is 11.1 Å². The van der Waals surface area contributed by atoms with Crippen LogP contribution in [0.4, 0.5) is 5.69 Å². The van der Waals surface area contributed by atoms with Crippen molar-refractivity contribution in [2.24, 2.45) is 5.73 Å². The van der Waals surface area contributed by atoms with Crippen molar-refractivity contribution >= 4 is 27.5 Å². The lowest BCUT2D eigenvalue weighted by Crippen LogP contribution is -2.26. The molecular formula is C11H16BrN3O. The number of halogens is 1. The first-order valence-electron chi connectivity index (χ1n) is 5.28. The fraction of sp³-hybridized carbons (Fsp3) is 0.455. The Kier molecular flexibility index (Phi) is 5.42. The lowest BCUT2D eigenvalue weighted by molar-refractivity contribution is -0.116. The lowest BCUT2D eigenvalue weighted by atomic mass is 10.1.